The van der Waals surface area contributed by atoms with Gasteiger partial charge in [-0.2, -0.15) is 0 Å². The van der Waals surface area contributed by atoms with E-state index in [1.54, 1.807) is 4.90 Å². The second-order valence-corrected chi connectivity index (χ2v) is 7.93. The lowest BCUT2D eigenvalue weighted by Gasteiger charge is -2.44. The van der Waals surface area contributed by atoms with Crippen molar-refractivity contribution in [2.45, 2.75) is 63.3 Å². The second kappa shape index (κ2) is 6.17. The van der Waals surface area contributed by atoms with Gasteiger partial charge < -0.3 is 16.0 Å². The van der Waals surface area contributed by atoms with Crippen LogP contribution in [0.5, 0.6) is 0 Å². The van der Waals surface area contributed by atoms with E-state index in [4.69, 9.17) is 5.73 Å². The van der Waals surface area contributed by atoms with Crippen LogP contribution in [0.3, 0.4) is 0 Å². The summed E-state index contributed by atoms with van der Waals surface area (Å²) in [6, 6.07) is 5.52. The van der Waals surface area contributed by atoms with Crippen molar-refractivity contribution in [3.05, 3.63) is 34.9 Å². The number of nitrogens with zero attached hydrogens (tertiary/aromatic N) is 1. The Labute approximate surface area is 152 Å². The van der Waals surface area contributed by atoms with Gasteiger partial charge in [0.25, 0.3) is 5.91 Å². The molecular weight excluding hydrogens is 332 g/mol. The first-order valence-electron chi connectivity index (χ1n) is 9.12. The standard InChI is InChI=1S/C19H24N4O3/c1-19(7-13(20)8-19)21-9-11-3-2-4-12-10-23(18(26)16(11)12)14-5-6-15(24)22-17(14)25/h2-4,13-14,21H,5-10,20H2,1H3,(H,22,24,25). The van der Waals surface area contributed by atoms with E-state index in [0.717, 1.165) is 24.0 Å². The van der Waals surface area contributed by atoms with Crippen LogP contribution in [-0.2, 0) is 22.7 Å². The van der Waals surface area contributed by atoms with Crippen LogP contribution < -0.4 is 16.4 Å². The van der Waals surface area contributed by atoms with Gasteiger partial charge in [-0.3, -0.25) is 19.7 Å². The molecule has 1 aromatic carbocycles. The molecule has 2 heterocycles. The summed E-state index contributed by atoms with van der Waals surface area (Å²) in [5.41, 5.74) is 8.50. The lowest BCUT2D eigenvalue weighted by molar-refractivity contribution is -0.136. The summed E-state index contributed by atoms with van der Waals surface area (Å²) in [7, 11) is 0. The van der Waals surface area contributed by atoms with Crippen LogP contribution in [-0.4, -0.2) is 40.2 Å². The minimum absolute atomic E-state index is 0.0209. The molecule has 138 valence electrons. The Morgan fingerprint density at radius 3 is 2.77 bits per heavy atom. The number of imide groups is 1. The number of benzene rings is 1. The van der Waals surface area contributed by atoms with Crippen LogP contribution in [0.4, 0.5) is 0 Å². The molecule has 1 aliphatic carbocycles. The number of piperidine rings is 1. The molecule has 0 spiro atoms. The van der Waals surface area contributed by atoms with Crippen molar-refractivity contribution in [1.82, 2.24) is 15.5 Å². The largest absolute Gasteiger partial charge is 0.328 e. The number of amides is 3. The highest BCUT2D eigenvalue weighted by molar-refractivity contribution is 6.05. The molecular formula is C19H24N4O3. The number of carbonyl (C=O) groups excluding carboxylic acids is 3. The molecule has 1 atom stereocenters. The minimum Gasteiger partial charge on any atom is -0.328 e. The maximum Gasteiger partial charge on any atom is 0.255 e. The van der Waals surface area contributed by atoms with Gasteiger partial charge >= 0.3 is 0 Å². The fourth-order valence-corrected chi connectivity index (χ4v) is 4.39. The van der Waals surface area contributed by atoms with Crippen molar-refractivity contribution in [1.29, 1.82) is 0 Å². The Morgan fingerprint density at radius 1 is 1.31 bits per heavy atom. The smallest absolute Gasteiger partial charge is 0.255 e. The number of rotatable bonds is 4. The zero-order valence-electron chi connectivity index (χ0n) is 14.9. The first-order valence-corrected chi connectivity index (χ1v) is 9.12. The van der Waals surface area contributed by atoms with Crippen molar-refractivity contribution in [3.8, 4) is 0 Å². The van der Waals surface area contributed by atoms with E-state index in [1.165, 1.54) is 0 Å². The normalized spacial score (nSPS) is 30.8. The molecule has 0 aromatic heterocycles. The number of nitrogens with one attached hydrogen (secondary N) is 2. The van der Waals surface area contributed by atoms with Crippen molar-refractivity contribution in [2.75, 3.05) is 0 Å². The van der Waals surface area contributed by atoms with Gasteiger partial charge in [-0.25, -0.2) is 0 Å². The van der Waals surface area contributed by atoms with Crippen molar-refractivity contribution in [3.63, 3.8) is 0 Å². The molecule has 1 unspecified atom stereocenters. The molecule has 0 bridgehead atoms. The zero-order chi connectivity index (χ0) is 18.5. The van der Waals surface area contributed by atoms with E-state index in [2.05, 4.69) is 17.6 Å². The van der Waals surface area contributed by atoms with E-state index in [9.17, 15) is 14.4 Å². The third-order valence-corrected chi connectivity index (χ3v) is 5.77. The van der Waals surface area contributed by atoms with Crippen LogP contribution in [0.1, 0.15) is 54.1 Å². The Morgan fingerprint density at radius 2 is 2.08 bits per heavy atom. The average Bonchev–Trinajstić information content (AvgIpc) is 2.89. The molecule has 4 N–H and O–H groups in total. The maximum absolute atomic E-state index is 13.0. The fraction of sp³-hybridized carbons (Fsp3) is 0.526. The quantitative estimate of drug-likeness (QED) is 0.678. The predicted molar refractivity (Wildman–Crippen MR) is 94.9 cm³/mol. The van der Waals surface area contributed by atoms with E-state index < -0.39 is 6.04 Å². The molecule has 1 aromatic rings. The Balaban J connectivity index is 1.51. The van der Waals surface area contributed by atoms with Crippen LogP contribution in [0.25, 0.3) is 0 Å². The summed E-state index contributed by atoms with van der Waals surface area (Å²) in [5.74, 6) is -0.771. The predicted octanol–water partition coefficient (Wildman–Crippen LogP) is 0.417. The van der Waals surface area contributed by atoms with Crippen LogP contribution >= 0.6 is 0 Å². The summed E-state index contributed by atoms with van der Waals surface area (Å²) >= 11 is 0. The zero-order valence-corrected chi connectivity index (χ0v) is 14.9. The molecule has 3 amide bonds. The Bertz CT molecular complexity index is 785. The third-order valence-electron chi connectivity index (χ3n) is 5.77. The van der Waals surface area contributed by atoms with Gasteiger partial charge in [0, 0.05) is 36.7 Å². The molecule has 3 aliphatic rings. The summed E-state index contributed by atoms with van der Waals surface area (Å²) in [4.78, 5) is 38.1. The summed E-state index contributed by atoms with van der Waals surface area (Å²) in [6.45, 7) is 3.16. The summed E-state index contributed by atoms with van der Waals surface area (Å²) < 4.78 is 0. The third kappa shape index (κ3) is 2.91. The van der Waals surface area contributed by atoms with Crippen molar-refractivity contribution in [2.24, 2.45) is 5.73 Å². The molecule has 2 fully saturated rings. The second-order valence-electron chi connectivity index (χ2n) is 7.93. The number of carbonyl (C=O) groups is 3. The first-order chi connectivity index (χ1) is 12.4. The topological polar surface area (TPSA) is 105 Å². The van der Waals surface area contributed by atoms with Gasteiger partial charge in [-0.15, -0.1) is 0 Å². The Kier molecular flexibility index (Phi) is 4.08. The van der Waals surface area contributed by atoms with Crippen LogP contribution in [0.2, 0.25) is 0 Å². The lowest BCUT2D eigenvalue weighted by atomic mass is 9.74. The fourth-order valence-electron chi connectivity index (χ4n) is 4.39. The van der Waals surface area contributed by atoms with E-state index >= 15 is 0 Å². The molecule has 0 radical (unpaired) electrons. The molecule has 26 heavy (non-hydrogen) atoms. The summed E-state index contributed by atoms with van der Waals surface area (Å²) in [6.07, 6.45) is 2.51. The first kappa shape index (κ1) is 17.2. The molecule has 1 saturated heterocycles. The monoisotopic (exact) mass is 356 g/mol. The lowest BCUT2D eigenvalue weighted by Crippen LogP contribution is -2.58. The van der Waals surface area contributed by atoms with E-state index in [-0.39, 0.29) is 35.7 Å². The van der Waals surface area contributed by atoms with Gasteiger partial charge in [0.15, 0.2) is 0 Å². The number of fused-ring (bicyclic) bond motifs is 1. The SMILES string of the molecule is CC1(NCc2cccc3c2C(=O)N(C2CCC(=O)NC2=O)C3)CC(N)C1. The minimum atomic E-state index is -0.574. The van der Waals surface area contributed by atoms with E-state index in [0.29, 0.717) is 25.1 Å². The van der Waals surface area contributed by atoms with Gasteiger partial charge in [-0.05, 0) is 37.3 Å². The van der Waals surface area contributed by atoms with Crippen LogP contribution in [0.15, 0.2) is 18.2 Å². The van der Waals surface area contributed by atoms with Gasteiger partial charge in [0.2, 0.25) is 11.8 Å². The van der Waals surface area contributed by atoms with Crippen molar-refractivity contribution >= 4 is 17.7 Å². The van der Waals surface area contributed by atoms with Crippen molar-refractivity contribution < 1.29 is 14.4 Å². The van der Waals surface area contributed by atoms with Gasteiger partial charge in [0.05, 0.1) is 0 Å². The van der Waals surface area contributed by atoms with E-state index in [1.807, 2.05) is 18.2 Å². The number of hydrogen-bond acceptors (Lipinski definition) is 5. The highest BCUT2D eigenvalue weighted by Gasteiger charge is 2.41. The maximum atomic E-state index is 13.0. The molecule has 2 aliphatic heterocycles. The van der Waals surface area contributed by atoms with Gasteiger partial charge in [0.1, 0.15) is 6.04 Å². The number of nitrogens with two attached hydrogens (primary N) is 1. The molecule has 7 nitrogen and oxygen atoms in total. The molecule has 1 saturated carbocycles. The summed E-state index contributed by atoms with van der Waals surface area (Å²) in [5, 5.41) is 5.86. The average molecular weight is 356 g/mol. The molecule has 7 heteroatoms. The Hall–Kier alpha value is -2.25. The highest BCUT2D eigenvalue weighted by Crippen LogP contribution is 2.33. The van der Waals surface area contributed by atoms with Gasteiger partial charge in [-0.1, -0.05) is 18.2 Å². The highest BCUT2D eigenvalue weighted by atomic mass is 16.2. The number of hydrogen-bond donors (Lipinski definition) is 3. The molecule has 4 rings (SSSR count). The van der Waals surface area contributed by atoms with Crippen LogP contribution in [0, 0.1) is 0 Å².